The van der Waals surface area contributed by atoms with Gasteiger partial charge >= 0.3 is 0 Å². The number of aryl methyl sites for hydroxylation is 1. The fourth-order valence-electron chi connectivity index (χ4n) is 2.66. The molecule has 0 bridgehead atoms. The van der Waals surface area contributed by atoms with Gasteiger partial charge in [-0.3, -0.25) is 5.10 Å². The van der Waals surface area contributed by atoms with Gasteiger partial charge in [0.15, 0.2) is 17.3 Å². The highest BCUT2D eigenvalue weighted by Crippen LogP contribution is 2.28. The Bertz CT molecular complexity index is 783. The monoisotopic (exact) mass is 390 g/mol. The first-order valence-electron chi connectivity index (χ1n) is 9.79. The van der Waals surface area contributed by atoms with Gasteiger partial charge in [-0.05, 0) is 55.7 Å². The molecule has 148 valence electrons. The van der Waals surface area contributed by atoms with Crippen molar-refractivity contribution in [3.8, 4) is 11.5 Å². The Kier molecular flexibility index (Phi) is 9.04. The van der Waals surface area contributed by atoms with Gasteiger partial charge in [-0.15, -0.1) is 0 Å². The Morgan fingerprint density at radius 2 is 1.96 bits per heavy atom. The van der Waals surface area contributed by atoms with Crippen LogP contribution in [0.1, 0.15) is 64.3 Å². The van der Waals surface area contributed by atoms with Crippen LogP contribution < -0.4 is 9.47 Å². The first kappa shape index (κ1) is 21.2. The molecule has 1 heterocycles. The Balaban J connectivity index is 2.10. The molecule has 6 nitrogen and oxygen atoms in total. The number of hydrogen-bond donors (Lipinski definition) is 1. The van der Waals surface area contributed by atoms with Gasteiger partial charge in [-0.1, -0.05) is 33.1 Å². The van der Waals surface area contributed by atoms with E-state index in [-0.39, 0.29) is 0 Å². The summed E-state index contributed by atoms with van der Waals surface area (Å²) in [7, 11) is 0. The van der Waals surface area contributed by atoms with Crippen LogP contribution in [0.5, 0.6) is 11.5 Å². The van der Waals surface area contributed by atoms with Crippen LogP contribution in [-0.4, -0.2) is 34.3 Å². The summed E-state index contributed by atoms with van der Waals surface area (Å²) >= 11 is 5.26. The van der Waals surface area contributed by atoms with E-state index in [1.807, 2.05) is 25.1 Å². The van der Waals surface area contributed by atoms with Gasteiger partial charge in [0.2, 0.25) is 4.77 Å². The molecule has 0 fully saturated rings. The van der Waals surface area contributed by atoms with Crippen molar-refractivity contribution in [2.45, 2.75) is 59.3 Å². The molecule has 2 aromatic rings. The summed E-state index contributed by atoms with van der Waals surface area (Å²) in [5.74, 6) is 2.34. The van der Waals surface area contributed by atoms with E-state index in [2.05, 4.69) is 29.1 Å². The fraction of sp³-hybridized carbons (Fsp3) is 0.550. The summed E-state index contributed by atoms with van der Waals surface area (Å²) in [5.41, 5.74) is 0.919. The van der Waals surface area contributed by atoms with E-state index in [4.69, 9.17) is 21.7 Å². The van der Waals surface area contributed by atoms with Crippen LogP contribution in [-0.2, 0) is 6.42 Å². The topological polar surface area (TPSA) is 64.4 Å². The van der Waals surface area contributed by atoms with Crippen molar-refractivity contribution in [3.05, 3.63) is 34.4 Å². The number of aromatic amines is 1. The molecule has 1 aromatic heterocycles. The molecule has 0 aliphatic rings. The van der Waals surface area contributed by atoms with Crippen LogP contribution in [0.3, 0.4) is 0 Å². The lowest BCUT2D eigenvalue weighted by molar-refractivity contribution is 0.270. The molecule has 1 aromatic carbocycles. The van der Waals surface area contributed by atoms with Gasteiger partial charge in [-0.25, -0.2) is 0 Å². The van der Waals surface area contributed by atoms with Gasteiger partial charge in [0.1, 0.15) is 0 Å². The summed E-state index contributed by atoms with van der Waals surface area (Å²) in [5, 5.41) is 11.5. The zero-order chi connectivity index (χ0) is 19.5. The predicted octanol–water partition coefficient (Wildman–Crippen LogP) is 5.13. The Labute approximate surface area is 166 Å². The van der Waals surface area contributed by atoms with E-state index >= 15 is 0 Å². The van der Waals surface area contributed by atoms with Crippen molar-refractivity contribution in [2.24, 2.45) is 5.10 Å². The highest BCUT2D eigenvalue weighted by Gasteiger charge is 2.07. The highest BCUT2D eigenvalue weighted by molar-refractivity contribution is 7.71. The van der Waals surface area contributed by atoms with Crippen LogP contribution in [0, 0.1) is 4.77 Å². The molecular weight excluding hydrogens is 360 g/mol. The maximum Gasteiger partial charge on any atom is 0.216 e. The number of hydrogen-bond acceptors (Lipinski definition) is 5. The molecule has 0 aliphatic carbocycles. The molecule has 0 saturated carbocycles. The molecule has 0 amide bonds. The number of nitrogens with one attached hydrogen (secondary N) is 1. The maximum atomic E-state index is 5.91. The molecule has 0 saturated heterocycles. The molecule has 7 heteroatoms. The summed E-state index contributed by atoms with van der Waals surface area (Å²) in [6.07, 6.45) is 8.27. The van der Waals surface area contributed by atoms with Crippen molar-refractivity contribution < 1.29 is 9.47 Å². The van der Waals surface area contributed by atoms with Gasteiger partial charge in [0, 0.05) is 6.42 Å². The predicted molar refractivity (Wildman–Crippen MR) is 112 cm³/mol. The second-order valence-electron chi connectivity index (χ2n) is 6.30. The third-order valence-electron chi connectivity index (χ3n) is 4.04. The minimum Gasteiger partial charge on any atom is -0.490 e. The number of benzene rings is 1. The Morgan fingerprint density at radius 3 is 2.70 bits per heavy atom. The quantitative estimate of drug-likeness (QED) is 0.310. The van der Waals surface area contributed by atoms with Crippen LogP contribution in [0.2, 0.25) is 0 Å². The van der Waals surface area contributed by atoms with E-state index in [0.717, 1.165) is 42.1 Å². The first-order chi connectivity index (χ1) is 13.2. The van der Waals surface area contributed by atoms with Gasteiger partial charge in [0.05, 0.1) is 19.4 Å². The number of rotatable bonds is 12. The summed E-state index contributed by atoms with van der Waals surface area (Å²) in [4.78, 5) is 0. The van der Waals surface area contributed by atoms with E-state index in [0.29, 0.717) is 18.0 Å². The average molecular weight is 391 g/mol. The molecule has 0 unspecified atom stereocenters. The van der Waals surface area contributed by atoms with Crippen LogP contribution in [0.4, 0.5) is 0 Å². The van der Waals surface area contributed by atoms with Crippen molar-refractivity contribution in [1.82, 2.24) is 14.9 Å². The van der Waals surface area contributed by atoms with Gasteiger partial charge in [-0.2, -0.15) is 14.9 Å². The fourth-order valence-corrected chi connectivity index (χ4v) is 2.85. The van der Waals surface area contributed by atoms with E-state index in [1.165, 1.54) is 19.3 Å². The van der Waals surface area contributed by atoms with Gasteiger partial charge in [0.25, 0.3) is 0 Å². The summed E-state index contributed by atoms with van der Waals surface area (Å²) < 4.78 is 13.8. The van der Waals surface area contributed by atoms with Crippen molar-refractivity contribution in [3.63, 3.8) is 0 Å². The van der Waals surface area contributed by atoms with Crippen molar-refractivity contribution >= 4 is 18.4 Å². The zero-order valence-electron chi connectivity index (χ0n) is 16.5. The number of nitrogens with zero attached hydrogens (tertiary/aromatic N) is 3. The van der Waals surface area contributed by atoms with Crippen LogP contribution in [0.25, 0.3) is 0 Å². The number of unbranched alkanes of at least 4 members (excludes halogenated alkanes) is 3. The molecule has 0 spiro atoms. The lowest BCUT2D eigenvalue weighted by Crippen LogP contribution is -2.02. The lowest BCUT2D eigenvalue weighted by atomic mass is 10.2. The SMILES string of the molecule is CCCCCCOc1ccc(C=Nn2c(CCC)n[nH]c2=S)cc1OCC. The second-order valence-corrected chi connectivity index (χ2v) is 6.69. The molecule has 0 aliphatic heterocycles. The third kappa shape index (κ3) is 6.50. The van der Waals surface area contributed by atoms with Crippen LogP contribution >= 0.6 is 12.2 Å². The first-order valence-corrected chi connectivity index (χ1v) is 10.2. The number of ether oxygens (including phenoxy) is 2. The minimum atomic E-state index is 0.492. The number of aromatic nitrogens is 3. The Hall–Kier alpha value is -2.15. The Morgan fingerprint density at radius 1 is 1.11 bits per heavy atom. The van der Waals surface area contributed by atoms with E-state index in [9.17, 15) is 0 Å². The molecular formula is C20H30N4O2S. The molecule has 0 radical (unpaired) electrons. The van der Waals surface area contributed by atoms with Crippen molar-refractivity contribution in [2.75, 3.05) is 13.2 Å². The zero-order valence-corrected chi connectivity index (χ0v) is 17.3. The van der Waals surface area contributed by atoms with E-state index in [1.54, 1.807) is 10.9 Å². The van der Waals surface area contributed by atoms with E-state index < -0.39 is 0 Å². The van der Waals surface area contributed by atoms with Gasteiger partial charge < -0.3 is 9.47 Å². The highest BCUT2D eigenvalue weighted by atomic mass is 32.1. The standard InChI is InChI=1S/C20H30N4O2S/c1-4-7-8-9-13-26-17-12-11-16(14-18(17)25-6-3)15-21-24-19(10-5-2)22-23-20(24)27/h11-12,14-15H,4-10,13H2,1-3H3,(H,23,27). The smallest absolute Gasteiger partial charge is 0.216 e. The summed E-state index contributed by atoms with van der Waals surface area (Å²) in [6.45, 7) is 7.56. The van der Waals surface area contributed by atoms with Crippen molar-refractivity contribution in [1.29, 1.82) is 0 Å². The molecule has 27 heavy (non-hydrogen) atoms. The minimum absolute atomic E-state index is 0.492. The largest absolute Gasteiger partial charge is 0.490 e. The normalized spacial score (nSPS) is 11.2. The van der Waals surface area contributed by atoms with Crippen LogP contribution in [0.15, 0.2) is 23.3 Å². The third-order valence-corrected chi connectivity index (χ3v) is 4.30. The molecule has 1 N–H and O–H groups in total. The molecule has 0 atom stereocenters. The average Bonchev–Trinajstić information content (AvgIpc) is 3.01. The summed E-state index contributed by atoms with van der Waals surface area (Å²) in [6, 6.07) is 5.85. The second kappa shape index (κ2) is 11.5. The number of H-pyrrole nitrogens is 1. The maximum absolute atomic E-state index is 5.91. The lowest BCUT2D eigenvalue weighted by Gasteiger charge is -2.12. The molecule has 2 rings (SSSR count).